The summed E-state index contributed by atoms with van der Waals surface area (Å²) >= 11 is 0. The smallest absolute Gasteiger partial charge is 0.332 e. The van der Waals surface area contributed by atoms with Crippen LogP contribution >= 0.6 is 0 Å². The second-order valence-corrected chi connectivity index (χ2v) is 2.55. The first-order valence-corrected chi connectivity index (χ1v) is 4.18. The van der Waals surface area contributed by atoms with Crippen LogP contribution in [0.5, 0.6) is 0 Å². The predicted octanol–water partition coefficient (Wildman–Crippen LogP) is 0.303. The molecule has 0 rings (SSSR count). The molecule has 0 aliphatic carbocycles. The van der Waals surface area contributed by atoms with Crippen LogP contribution in [-0.2, 0) is 14.3 Å². The van der Waals surface area contributed by atoms with E-state index in [-0.39, 0.29) is 18.7 Å². The zero-order valence-corrected chi connectivity index (χ0v) is 7.71. The minimum Gasteiger partial charge on any atom is -0.461 e. The van der Waals surface area contributed by atoms with Gasteiger partial charge in [-0.3, -0.25) is 0 Å². The van der Waals surface area contributed by atoms with E-state index in [4.69, 9.17) is 15.2 Å². The Morgan fingerprint density at radius 3 is 2.75 bits per heavy atom. The number of carbonyl (C=O) groups excluding carboxylic acids is 1. The fraction of sp³-hybridized carbons (Fsp3) is 0.875. The minimum absolute atomic E-state index is 0.00153. The first kappa shape index (κ1) is 11.4. The molecule has 0 aromatic rings. The van der Waals surface area contributed by atoms with Crippen LogP contribution < -0.4 is 5.73 Å². The number of nitrogens with two attached hydrogens (primary N) is 1. The summed E-state index contributed by atoms with van der Waals surface area (Å²) in [5.74, 6) is -0.321. The predicted molar refractivity (Wildman–Crippen MR) is 45.7 cm³/mol. The third-order valence-electron chi connectivity index (χ3n) is 1.39. The Bertz CT molecular complexity index is 127. The maximum absolute atomic E-state index is 10.9. The minimum atomic E-state index is -0.321. The second kappa shape index (κ2) is 7.06. The van der Waals surface area contributed by atoms with Gasteiger partial charge in [-0.1, -0.05) is 6.92 Å². The SMILES string of the molecule is CCC(C)OC(=O)COCCN. The van der Waals surface area contributed by atoms with E-state index < -0.39 is 0 Å². The van der Waals surface area contributed by atoms with Gasteiger partial charge in [-0.15, -0.1) is 0 Å². The van der Waals surface area contributed by atoms with E-state index >= 15 is 0 Å². The molecule has 0 saturated carbocycles. The average molecular weight is 175 g/mol. The van der Waals surface area contributed by atoms with Gasteiger partial charge in [0, 0.05) is 6.54 Å². The van der Waals surface area contributed by atoms with Crippen molar-refractivity contribution in [2.75, 3.05) is 19.8 Å². The van der Waals surface area contributed by atoms with Crippen molar-refractivity contribution >= 4 is 5.97 Å². The topological polar surface area (TPSA) is 61.5 Å². The van der Waals surface area contributed by atoms with Crippen LogP contribution in [0.15, 0.2) is 0 Å². The lowest BCUT2D eigenvalue weighted by molar-refractivity contribution is -0.153. The third-order valence-corrected chi connectivity index (χ3v) is 1.39. The van der Waals surface area contributed by atoms with E-state index in [0.29, 0.717) is 13.2 Å². The Morgan fingerprint density at radius 2 is 2.25 bits per heavy atom. The van der Waals surface area contributed by atoms with Crippen LogP contribution in [0.4, 0.5) is 0 Å². The molecule has 0 spiro atoms. The zero-order valence-electron chi connectivity index (χ0n) is 7.71. The van der Waals surface area contributed by atoms with Gasteiger partial charge in [-0.25, -0.2) is 4.79 Å². The molecule has 0 aliphatic heterocycles. The number of carbonyl (C=O) groups is 1. The summed E-state index contributed by atoms with van der Waals surface area (Å²) in [6.07, 6.45) is 0.793. The molecule has 1 unspecified atom stereocenters. The molecule has 0 saturated heterocycles. The highest BCUT2D eigenvalue weighted by atomic mass is 16.6. The molecule has 4 nitrogen and oxygen atoms in total. The largest absolute Gasteiger partial charge is 0.461 e. The Hall–Kier alpha value is -0.610. The molecule has 0 fully saturated rings. The monoisotopic (exact) mass is 175 g/mol. The van der Waals surface area contributed by atoms with Crippen LogP contribution in [0.3, 0.4) is 0 Å². The van der Waals surface area contributed by atoms with Crippen molar-refractivity contribution in [3.63, 3.8) is 0 Å². The molecule has 12 heavy (non-hydrogen) atoms. The van der Waals surface area contributed by atoms with Gasteiger partial charge in [0.25, 0.3) is 0 Å². The quantitative estimate of drug-likeness (QED) is 0.466. The van der Waals surface area contributed by atoms with E-state index in [2.05, 4.69) is 0 Å². The molecule has 72 valence electrons. The molecule has 2 N–H and O–H groups in total. The first-order valence-electron chi connectivity index (χ1n) is 4.18. The van der Waals surface area contributed by atoms with E-state index in [1.807, 2.05) is 13.8 Å². The summed E-state index contributed by atoms with van der Waals surface area (Å²) in [5.41, 5.74) is 5.17. The lowest BCUT2D eigenvalue weighted by atomic mass is 10.3. The molecule has 0 aromatic carbocycles. The van der Waals surface area contributed by atoms with Crippen LogP contribution in [0.1, 0.15) is 20.3 Å². The molecule has 1 atom stereocenters. The van der Waals surface area contributed by atoms with E-state index in [1.165, 1.54) is 0 Å². The van der Waals surface area contributed by atoms with Crippen LogP contribution in [-0.4, -0.2) is 31.8 Å². The van der Waals surface area contributed by atoms with Crippen LogP contribution in [0.2, 0.25) is 0 Å². The normalized spacial score (nSPS) is 12.6. The van der Waals surface area contributed by atoms with Gasteiger partial charge in [0.1, 0.15) is 6.61 Å². The van der Waals surface area contributed by atoms with Crippen molar-refractivity contribution in [2.45, 2.75) is 26.4 Å². The Morgan fingerprint density at radius 1 is 1.58 bits per heavy atom. The highest BCUT2D eigenvalue weighted by molar-refractivity contribution is 5.70. The third kappa shape index (κ3) is 6.12. The van der Waals surface area contributed by atoms with Crippen molar-refractivity contribution < 1.29 is 14.3 Å². The average Bonchev–Trinajstić information content (AvgIpc) is 2.05. The summed E-state index contributed by atoms with van der Waals surface area (Å²) in [7, 11) is 0. The summed E-state index contributed by atoms with van der Waals surface area (Å²) < 4.78 is 9.83. The highest BCUT2D eigenvalue weighted by Gasteiger charge is 2.06. The first-order chi connectivity index (χ1) is 5.70. The maximum Gasteiger partial charge on any atom is 0.332 e. The fourth-order valence-electron chi connectivity index (χ4n) is 0.581. The number of ether oxygens (including phenoxy) is 2. The summed E-state index contributed by atoms with van der Waals surface area (Å²) in [6.45, 7) is 4.63. The molecular formula is C8H17NO3. The van der Waals surface area contributed by atoms with Crippen LogP contribution in [0.25, 0.3) is 0 Å². The molecule has 0 aliphatic rings. The standard InChI is InChI=1S/C8H17NO3/c1-3-7(2)12-8(10)6-11-5-4-9/h7H,3-6,9H2,1-2H3. The second-order valence-electron chi connectivity index (χ2n) is 2.55. The summed E-state index contributed by atoms with van der Waals surface area (Å²) in [4.78, 5) is 10.9. The van der Waals surface area contributed by atoms with Gasteiger partial charge in [0.15, 0.2) is 0 Å². The summed E-state index contributed by atoms with van der Waals surface area (Å²) in [6, 6.07) is 0. The number of hydrogen-bond acceptors (Lipinski definition) is 4. The van der Waals surface area contributed by atoms with E-state index in [1.54, 1.807) is 0 Å². The number of esters is 1. The molecule has 0 amide bonds. The lowest BCUT2D eigenvalue weighted by Crippen LogP contribution is -2.20. The van der Waals surface area contributed by atoms with Gasteiger partial charge in [0.2, 0.25) is 0 Å². The molecule has 0 heterocycles. The van der Waals surface area contributed by atoms with Gasteiger partial charge >= 0.3 is 5.97 Å². The number of rotatable bonds is 6. The lowest BCUT2D eigenvalue weighted by Gasteiger charge is -2.10. The highest BCUT2D eigenvalue weighted by Crippen LogP contribution is 1.96. The summed E-state index contributed by atoms with van der Waals surface area (Å²) in [5, 5.41) is 0. The van der Waals surface area contributed by atoms with Crippen molar-refractivity contribution in [1.82, 2.24) is 0 Å². The molecule has 0 bridgehead atoms. The molecule has 4 heteroatoms. The Kier molecular flexibility index (Phi) is 6.70. The number of hydrogen-bond donors (Lipinski definition) is 1. The Balaban J connectivity index is 3.33. The Labute approximate surface area is 73.0 Å². The molecular weight excluding hydrogens is 158 g/mol. The maximum atomic E-state index is 10.9. The van der Waals surface area contributed by atoms with Gasteiger partial charge in [0.05, 0.1) is 12.7 Å². The van der Waals surface area contributed by atoms with Crippen molar-refractivity contribution in [1.29, 1.82) is 0 Å². The molecule has 0 aromatic heterocycles. The van der Waals surface area contributed by atoms with Crippen molar-refractivity contribution in [2.24, 2.45) is 5.73 Å². The van der Waals surface area contributed by atoms with E-state index in [9.17, 15) is 4.79 Å². The van der Waals surface area contributed by atoms with Crippen molar-refractivity contribution in [3.8, 4) is 0 Å². The molecule has 0 radical (unpaired) electrons. The zero-order chi connectivity index (χ0) is 9.40. The van der Waals surface area contributed by atoms with Crippen LogP contribution in [0, 0.1) is 0 Å². The van der Waals surface area contributed by atoms with Gasteiger partial charge < -0.3 is 15.2 Å². The van der Waals surface area contributed by atoms with E-state index in [0.717, 1.165) is 6.42 Å². The van der Waals surface area contributed by atoms with Crippen molar-refractivity contribution in [3.05, 3.63) is 0 Å². The fourth-order valence-corrected chi connectivity index (χ4v) is 0.581. The van der Waals surface area contributed by atoms with Gasteiger partial charge in [-0.2, -0.15) is 0 Å². The van der Waals surface area contributed by atoms with Gasteiger partial charge in [-0.05, 0) is 13.3 Å².